The number of carboxylic acid groups (broad SMARTS) is 1. The van der Waals surface area contributed by atoms with Gasteiger partial charge in [-0.05, 0) is 6.42 Å². The second-order valence-electron chi connectivity index (χ2n) is 3.91. The molecule has 114 valence electrons. The Morgan fingerprint density at radius 3 is 2.11 bits per heavy atom. The summed E-state index contributed by atoms with van der Waals surface area (Å²) in [6.45, 7) is 0. The topological polar surface area (TPSA) is 104 Å². The van der Waals surface area contributed by atoms with Crippen LogP contribution < -0.4 is 5.73 Å². The van der Waals surface area contributed by atoms with E-state index in [1.165, 1.54) is 0 Å². The first-order valence-corrected chi connectivity index (χ1v) is 6.85. The van der Waals surface area contributed by atoms with Crippen LogP contribution in [0, 0.1) is 4.78 Å². The van der Waals surface area contributed by atoms with Crippen molar-refractivity contribution in [2.24, 2.45) is 5.73 Å². The first-order valence-electron chi connectivity index (χ1n) is 4.95. The Balaban J connectivity index is 4.45. The first-order chi connectivity index (χ1) is 8.28. The molecule has 0 aliphatic heterocycles. The summed E-state index contributed by atoms with van der Waals surface area (Å²) in [6.07, 6.45) is -7.98. The second kappa shape index (κ2) is 5.99. The van der Waals surface area contributed by atoms with Crippen LogP contribution in [0.3, 0.4) is 0 Å². The van der Waals surface area contributed by atoms with Crippen molar-refractivity contribution in [1.82, 2.24) is 0 Å². The maximum atomic E-state index is 12.5. The van der Waals surface area contributed by atoms with Crippen molar-refractivity contribution < 1.29 is 36.1 Å². The number of nitrogens with two attached hydrogens (primary N) is 1. The zero-order valence-electron chi connectivity index (χ0n) is 9.54. The predicted molar refractivity (Wildman–Crippen MR) is 56.4 cm³/mol. The van der Waals surface area contributed by atoms with Gasteiger partial charge < -0.3 is 10.8 Å². The number of halogens is 5. The molecule has 0 saturated heterocycles. The lowest BCUT2D eigenvalue weighted by Gasteiger charge is -2.20. The Morgan fingerprint density at radius 2 is 1.74 bits per heavy atom. The van der Waals surface area contributed by atoms with Gasteiger partial charge in [-0.3, -0.25) is 9.57 Å². The lowest BCUT2D eigenvalue weighted by molar-refractivity contribution is -0.282. The molecule has 0 heterocycles. The third-order valence-corrected chi connectivity index (χ3v) is 4.00. The Labute approximate surface area is 105 Å². The third-order valence-electron chi connectivity index (χ3n) is 2.24. The Bertz CT molecular complexity index is 421. The van der Waals surface area contributed by atoms with Gasteiger partial charge in [0, 0.05) is 27.7 Å². The summed E-state index contributed by atoms with van der Waals surface area (Å²) in [4.78, 5) is 10.3. The molecule has 0 fully saturated rings. The minimum absolute atomic E-state index is 0.435. The summed E-state index contributed by atoms with van der Waals surface area (Å²) in [5.74, 6) is -8.28. The van der Waals surface area contributed by atoms with E-state index in [4.69, 9.17) is 15.6 Å². The van der Waals surface area contributed by atoms with E-state index in [1.807, 2.05) is 0 Å². The maximum absolute atomic E-state index is 12.5. The van der Waals surface area contributed by atoms with Crippen molar-refractivity contribution in [3.05, 3.63) is 0 Å². The van der Waals surface area contributed by atoms with Crippen molar-refractivity contribution in [2.45, 2.75) is 31.0 Å². The molecule has 2 unspecified atom stereocenters. The number of hydrogen-bond acceptors (Lipinski definition) is 4. The minimum Gasteiger partial charge on any atom is -0.480 e. The van der Waals surface area contributed by atoms with E-state index >= 15 is 0 Å². The number of carbonyl (C=O) groups is 1. The van der Waals surface area contributed by atoms with Gasteiger partial charge in [0.2, 0.25) is 0 Å². The molecule has 0 saturated carbocycles. The van der Waals surface area contributed by atoms with Crippen LogP contribution in [0.25, 0.3) is 0 Å². The normalized spacial score (nSPS) is 17.8. The maximum Gasteiger partial charge on any atom is 0.453 e. The summed E-state index contributed by atoms with van der Waals surface area (Å²) in [7, 11) is -3.73. The zero-order valence-corrected chi connectivity index (χ0v) is 10.4. The molecule has 0 aliphatic carbocycles. The van der Waals surface area contributed by atoms with Crippen molar-refractivity contribution in [2.75, 3.05) is 11.5 Å². The molecule has 0 aromatic rings. The summed E-state index contributed by atoms with van der Waals surface area (Å²) in [5.41, 5.74) is 5.04. The highest BCUT2D eigenvalue weighted by atomic mass is 32.2. The molecule has 0 bridgehead atoms. The van der Waals surface area contributed by atoms with Crippen molar-refractivity contribution in [3.63, 3.8) is 0 Å². The molecular weight excluding hydrogens is 299 g/mol. The molecule has 19 heavy (non-hydrogen) atoms. The van der Waals surface area contributed by atoms with Crippen LogP contribution in [0.2, 0.25) is 0 Å². The van der Waals surface area contributed by atoms with E-state index in [9.17, 15) is 31.0 Å². The molecule has 0 radical (unpaired) electrons. The molecular formula is C8H13F5N2O3S. The van der Waals surface area contributed by atoms with Crippen molar-refractivity contribution >= 4 is 15.7 Å². The molecule has 2 atom stereocenters. The fourth-order valence-electron chi connectivity index (χ4n) is 0.978. The van der Waals surface area contributed by atoms with Gasteiger partial charge >= 0.3 is 18.1 Å². The summed E-state index contributed by atoms with van der Waals surface area (Å²) < 4.78 is 79.1. The van der Waals surface area contributed by atoms with Crippen LogP contribution in [0.5, 0.6) is 0 Å². The number of nitrogens with one attached hydrogen (secondary N) is 1. The third kappa shape index (κ3) is 6.14. The fourth-order valence-corrected chi connectivity index (χ4v) is 2.40. The van der Waals surface area contributed by atoms with Crippen LogP contribution in [-0.4, -0.2) is 44.9 Å². The van der Waals surface area contributed by atoms with E-state index in [1.54, 1.807) is 0 Å². The number of hydrogen-bond donors (Lipinski definition) is 3. The average molecular weight is 312 g/mol. The van der Waals surface area contributed by atoms with E-state index in [0.29, 0.717) is 0 Å². The van der Waals surface area contributed by atoms with E-state index in [2.05, 4.69) is 0 Å². The highest BCUT2D eigenvalue weighted by molar-refractivity contribution is 7.92. The van der Waals surface area contributed by atoms with Gasteiger partial charge in [0.15, 0.2) is 0 Å². The highest BCUT2D eigenvalue weighted by Crippen LogP contribution is 2.38. The largest absolute Gasteiger partial charge is 0.480 e. The summed E-state index contributed by atoms with van der Waals surface area (Å²) in [5, 5.41) is 8.40. The van der Waals surface area contributed by atoms with Crippen LogP contribution in [0.4, 0.5) is 22.0 Å². The van der Waals surface area contributed by atoms with E-state index < -0.39 is 58.2 Å². The second-order valence-corrected chi connectivity index (χ2v) is 6.35. The monoisotopic (exact) mass is 312 g/mol. The van der Waals surface area contributed by atoms with Gasteiger partial charge in [0.25, 0.3) is 0 Å². The van der Waals surface area contributed by atoms with Crippen molar-refractivity contribution in [1.29, 1.82) is 4.78 Å². The van der Waals surface area contributed by atoms with E-state index in [-0.39, 0.29) is 0 Å². The number of carboxylic acids is 1. The molecule has 4 N–H and O–H groups in total. The molecule has 0 aromatic heterocycles. The molecule has 0 spiro atoms. The molecule has 5 nitrogen and oxygen atoms in total. The number of aliphatic carboxylic acids is 1. The number of alkyl halides is 5. The SMILES string of the molecule is N=S(=O)(CCC(N)C(=O)O)CCC(F)(F)C(F)(F)F. The smallest absolute Gasteiger partial charge is 0.453 e. The fraction of sp³-hybridized carbons (Fsp3) is 0.875. The Morgan fingerprint density at radius 1 is 1.26 bits per heavy atom. The van der Waals surface area contributed by atoms with Gasteiger partial charge in [-0.25, -0.2) is 4.21 Å². The number of rotatable bonds is 7. The van der Waals surface area contributed by atoms with Crippen LogP contribution in [-0.2, 0) is 14.5 Å². The van der Waals surface area contributed by atoms with Gasteiger partial charge in [-0.15, -0.1) is 0 Å². The average Bonchev–Trinajstić information content (AvgIpc) is 2.22. The molecule has 0 amide bonds. The summed E-state index contributed by atoms with van der Waals surface area (Å²) in [6, 6.07) is -1.44. The van der Waals surface area contributed by atoms with Crippen LogP contribution in [0.1, 0.15) is 12.8 Å². The predicted octanol–water partition coefficient (Wildman–Crippen LogP) is 1.42. The lowest BCUT2D eigenvalue weighted by Crippen LogP contribution is -2.38. The summed E-state index contributed by atoms with van der Waals surface area (Å²) >= 11 is 0. The van der Waals surface area contributed by atoms with Gasteiger partial charge in [0.1, 0.15) is 6.04 Å². The Kier molecular flexibility index (Phi) is 5.68. The Hall–Kier alpha value is -0.970. The molecule has 0 aliphatic rings. The van der Waals surface area contributed by atoms with Crippen LogP contribution >= 0.6 is 0 Å². The molecule has 11 heteroatoms. The minimum atomic E-state index is -5.76. The molecule has 0 aromatic carbocycles. The van der Waals surface area contributed by atoms with Gasteiger partial charge in [-0.2, -0.15) is 22.0 Å². The van der Waals surface area contributed by atoms with E-state index in [0.717, 1.165) is 0 Å². The standard InChI is InChI=1S/C8H13F5N2O3S/c9-7(10,8(11,12)13)2-4-19(15,18)3-1-5(14)6(16)17/h5,15H,1-4,14H2,(H,16,17). The zero-order chi connectivity index (χ0) is 15.5. The van der Waals surface area contributed by atoms with Crippen LogP contribution in [0.15, 0.2) is 0 Å². The first kappa shape index (κ1) is 18.0. The quantitative estimate of drug-likeness (QED) is 0.618. The van der Waals surface area contributed by atoms with Gasteiger partial charge in [0.05, 0.1) is 0 Å². The highest BCUT2D eigenvalue weighted by Gasteiger charge is 2.57. The van der Waals surface area contributed by atoms with Crippen molar-refractivity contribution in [3.8, 4) is 0 Å². The van der Waals surface area contributed by atoms with Gasteiger partial charge in [-0.1, -0.05) is 0 Å². The molecule has 0 rings (SSSR count). The lowest BCUT2D eigenvalue weighted by atomic mass is 10.2.